The molecule has 1 heterocycles. The average Bonchev–Trinajstić information content (AvgIpc) is 2.88. The van der Waals surface area contributed by atoms with Gasteiger partial charge in [-0.05, 0) is 56.1 Å². The molecule has 1 aliphatic heterocycles. The van der Waals surface area contributed by atoms with E-state index in [1.165, 1.54) is 7.11 Å². The van der Waals surface area contributed by atoms with Crippen molar-refractivity contribution in [2.24, 2.45) is 35.0 Å². The van der Waals surface area contributed by atoms with Gasteiger partial charge in [0.1, 0.15) is 16.9 Å². The Balaban J connectivity index is 1.80. The van der Waals surface area contributed by atoms with E-state index in [0.29, 0.717) is 12.8 Å². The van der Waals surface area contributed by atoms with Gasteiger partial charge in [0.2, 0.25) is 0 Å². The zero-order valence-corrected chi connectivity index (χ0v) is 15.7. The van der Waals surface area contributed by atoms with E-state index in [1.807, 2.05) is 0 Å². The lowest BCUT2D eigenvalue weighted by Gasteiger charge is -2.49. The van der Waals surface area contributed by atoms with Crippen molar-refractivity contribution in [2.75, 3.05) is 7.11 Å². The van der Waals surface area contributed by atoms with Gasteiger partial charge in [0.25, 0.3) is 0 Å². The van der Waals surface area contributed by atoms with Gasteiger partial charge in [-0.25, -0.2) is 0 Å². The quantitative estimate of drug-likeness (QED) is 0.532. The Morgan fingerprint density at radius 1 is 1.44 bits per heavy atom. The topological polar surface area (TPSA) is 93.1 Å². The number of aliphatic hydroxyl groups excluding tert-OH is 1. The number of hydrogen-bond donors (Lipinski definition) is 2. The third kappa shape index (κ3) is 1.71. The molecule has 27 heavy (non-hydrogen) atoms. The largest absolute Gasteiger partial charge is 0.469 e. The van der Waals surface area contributed by atoms with Gasteiger partial charge in [0.05, 0.1) is 18.8 Å². The first-order valence-corrected chi connectivity index (χ1v) is 9.81. The minimum Gasteiger partial charge on any atom is -0.469 e. The highest BCUT2D eigenvalue weighted by molar-refractivity contribution is 5.86. The Labute approximate surface area is 158 Å². The molecule has 4 bridgehead atoms. The number of aliphatic hydroxyl groups is 2. The van der Waals surface area contributed by atoms with Gasteiger partial charge in [0.15, 0.2) is 0 Å². The van der Waals surface area contributed by atoms with Crippen LogP contribution < -0.4 is 0 Å². The van der Waals surface area contributed by atoms with E-state index in [2.05, 4.69) is 6.58 Å². The van der Waals surface area contributed by atoms with Crippen molar-refractivity contribution in [1.82, 2.24) is 0 Å². The van der Waals surface area contributed by atoms with Crippen molar-refractivity contribution in [3.8, 4) is 0 Å². The lowest BCUT2D eigenvalue weighted by atomic mass is 9.55. The molecule has 9 atom stereocenters. The molecule has 0 aromatic heterocycles. The number of carbonyl (C=O) groups is 2. The average molecular weight is 374 g/mol. The van der Waals surface area contributed by atoms with Gasteiger partial charge >= 0.3 is 11.9 Å². The fourth-order valence-electron chi connectivity index (χ4n) is 7.32. The Morgan fingerprint density at radius 3 is 2.89 bits per heavy atom. The predicted molar refractivity (Wildman–Crippen MR) is 94.1 cm³/mol. The van der Waals surface area contributed by atoms with E-state index < -0.39 is 46.5 Å². The Kier molecular flexibility index (Phi) is 3.25. The highest BCUT2D eigenvalue weighted by atomic mass is 16.6. The molecule has 6 nitrogen and oxygen atoms in total. The number of methoxy groups -OCH3 is 1. The smallest absolute Gasteiger partial charge is 0.316 e. The van der Waals surface area contributed by atoms with Gasteiger partial charge in [0, 0.05) is 11.8 Å². The molecule has 0 radical (unpaired) electrons. The van der Waals surface area contributed by atoms with E-state index in [9.17, 15) is 19.8 Å². The summed E-state index contributed by atoms with van der Waals surface area (Å²) in [6, 6.07) is 0. The maximum absolute atomic E-state index is 13.0. The van der Waals surface area contributed by atoms with E-state index in [0.717, 1.165) is 18.4 Å². The van der Waals surface area contributed by atoms with E-state index in [1.54, 1.807) is 19.1 Å². The molecule has 6 heteroatoms. The van der Waals surface area contributed by atoms with Crippen LogP contribution in [-0.4, -0.2) is 46.6 Å². The standard InChI is InChI=1S/C21H26O6/c1-10-9-11-5-4-7-20(10,25)14-13(11)15(17(23)26-3)21-8-6-12(22)19(2,16(14)21)18(24)27-21/h6,8,11-16,22,25H,1,4-5,7,9H2,2-3H3/t11-,12+,13-,14+,15-,16?,19+,20+,21?/m0/s1. The van der Waals surface area contributed by atoms with Crippen molar-refractivity contribution in [3.05, 3.63) is 24.3 Å². The molecule has 0 aromatic carbocycles. The highest BCUT2D eigenvalue weighted by Crippen LogP contribution is 2.72. The molecule has 5 aliphatic carbocycles. The van der Waals surface area contributed by atoms with Crippen molar-refractivity contribution in [2.45, 2.75) is 49.9 Å². The summed E-state index contributed by atoms with van der Waals surface area (Å²) in [6.45, 7) is 5.88. The second kappa shape index (κ2) is 5.03. The van der Waals surface area contributed by atoms with Crippen molar-refractivity contribution in [3.63, 3.8) is 0 Å². The van der Waals surface area contributed by atoms with Crippen molar-refractivity contribution in [1.29, 1.82) is 0 Å². The maximum atomic E-state index is 13.0. The van der Waals surface area contributed by atoms with Crippen LogP contribution in [0.5, 0.6) is 0 Å². The first kappa shape index (κ1) is 17.4. The Bertz CT molecular complexity index is 788. The van der Waals surface area contributed by atoms with Crippen molar-refractivity contribution < 1.29 is 29.3 Å². The summed E-state index contributed by atoms with van der Waals surface area (Å²) in [5.41, 5.74) is -2.73. The first-order valence-electron chi connectivity index (χ1n) is 9.81. The SMILES string of the molecule is C=C1C[C@@H]2CCC[C@]1(O)[C@H]1C3C4(C=C[C@@H](O)[C@@]3(C)C(=O)O4)[C@H](C(=O)OC)[C@@H]21. The van der Waals surface area contributed by atoms with Gasteiger partial charge in [-0.2, -0.15) is 0 Å². The summed E-state index contributed by atoms with van der Waals surface area (Å²) in [6.07, 6.45) is 5.24. The van der Waals surface area contributed by atoms with Crippen LogP contribution in [-0.2, 0) is 19.1 Å². The Morgan fingerprint density at radius 2 is 2.19 bits per heavy atom. The van der Waals surface area contributed by atoms with Crippen LogP contribution in [0.1, 0.15) is 32.6 Å². The number of ether oxygens (including phenoxy) is 2. The lowest BCUT2D eigenvalue weighted by Crippen LogP contribution is -2.56. The fraction of sp³-hybridized carbons (Fsp3) is 0.714. The molecule has 6 rings (SSSR count). The summed E-state index contributed by atoms with van der Waals surface area (Å²) < 4.78 is 11.1. The van der Waals surface area contributed by atoms with Crippen LogP contribution in [0.3, 0.4) is 0 Å². The Hall–Kier alpha value is -1.66. The van der Waals surface area contributed by atoms with Crippen molar-refractivity contribution >= 4 is 11.9 Å². The van der Waals surface area contributed by atoms with Gasteiger partial charge < -0.3 is 19.7 Å². The minimum atomic E-state index is -1.19. The molecule has 1 saturated heterocycles. The maximum Gasteiger partial charge on any atom is 0.316 e. The number of esters is 2. The molecule has 0 aromatic rings. The van der Waals surface area contributed by atoms with E-state index in [-0.39, 0.29) is 17.8 Å². The molecule has 2 unspecified atom stereocenters. The summed E-state index contributed by atoms with van der Waals surface area (Å²) in [7, 11) is 1.35. The molecule has 6 aliphatic rings. The lowest BCUT2D eigenvalue weighted by molar-refractivity contribution is -0.166. The fourth-order valence-corrected chi connectivity index (χ4v) is 7.32. The van der Waals surface area contributed by atoms with Crippen LogP contribution in [0.4, 0.5) is 0 Å². The summed E-state index contributed by atoms with van der Waals surface area (Å²) in [5, 5.41) is 22.5. The molecular formula is C21H26O6. The second-order valence-electron chi connectivity index (χ2n) is 9.30. The van der Waals surface area contributed by atoms with E-state index in [4.69, 9.17) is 9.47 Å². The summed E-state index contributed by atoms with van der Waals surface area (Å²) in [4.78, 5) is 25.9. The van der Waals surface area contributed by atoms with Gasteiger partial charge in [-0.1, -0.05) is 12.7 Å². The third-order valence-corrected chi connectivity index (χ3v) is 8.44. The molecule has 2 N–H and O–H groups in total. The third-order valence-electron chi connectivity index (χ3n) is 8.44. The monoisotopic (exact) mass is 374 g/mol. The summed E-state index contributed by atoms with van der Waals surface area (Å²) in [5.74, 6) is -2.43. The summed E-state index contributed by atoms with van der Waals surface area (Å²) >= 11 is 0. The first-order chi connectivity index (χ1) is 12.7. The molecule has 146 valence electrons. The molecule has 4 saturated carbocycles. The number of hydrogen-bond acceptors (Lipinski definition) is 6. The van der Waals surface area contributed by atoms with Crippen LogP contribution in [0, 0.1) is 35.0 Å². The molecular weight excluding hydrogens is 348 g/mol. The zero-order chi connectivity index (χ0) is 19.4. The second-order valence-corrected chi connectivity index (χ2v) is 9.30. The highest BCUT2D eigenvalue weighted by Gasteiger charge is 2.81. The molecule has 0 spiro atoms. The van der Waals surface area contributed by atoms with Gasteiger partial charge in [-0.3, -0.25) is 9.59 Å². The van der Waals surface area contributed by atoms with Crippen LogP contribution in [0.25, 0.3) is 0 Å². The zero-order valence-electron chi connectivity index (χ0n) is 15.7. The van der Waals surface area contributed by atoms with Gasteiger partial charge in [-0.15, -0.1) is 0 Å². The van der Waals surface area contributed by atoms with Crippen LogP contribution in [0.15, 0.2) is 24.3 Å². The van der Waals surface area contributed by atoms with Crippen LogP contribution >= 0.6 is 0 Å². The number of rotatable bonds is 1. The predicted octanol–water partition coefficient (Wildman–Crippen LogP) is 1.36. The van der Waals surface area contributed by atoms with E-state index >= 15 is 0 Å². The van der Waals surface area contributed by atoms with Crippen LogP contribution in [0.2, 0.25) is 0 Å². The number of fused-ring (bicyclic) bond motifs is 3. The molecule has 0 amide bonds. The number of carbonyl (C=O) groups excluding carboxylic acids is 2. The normalized spacial score (nSPS) is 55.0. The minimum absolute atomic E-state index is 0.164. The molecule has 5 fully saturated rings.